The average molecular weight is 419 g/mol. The van der Waals surface area contributed by atoms with Crippen molar-refractivity contribution in [2.45, 2.75) is 52.3 Å². The standard InChI is InChI=1S/C24H25N3O4/c1-24(2,3)21-13-26-12-17(15-6-4-5-7-20(15)31-14-8-9-14)25-22(26)18-10-19(28)16(23(29)30)11-27(18)21/h4-7,10-12,14,21H,8-9,13H2,1-3H3,(H,29,30)/t21-/m0/s1. The molecule has 3 heterocycles. The van der Waals surface area contributed by atoms with Gasteiger partial charge in [0.2, 0.25) is 0 Å². The molecule has 7 heteroatoms. The molecule has 3 aromatic rings. The van der Waals surface area contributed by atoms with Gasteiger partial charge in [0, 0.05) is 30.6 Å². The summed E-state index contributed by atoms with van der Waals surface area (Å²) in [5, 5.41) is 9.46. The molecule has 2 aliphatic rings. The first-order valence-corrected chi connectivity index (χ1v) is 10.6. The molecule has 0 spiro atoms. The zero-order valence-electron chi connectivity index (χ0n) is 17.8. The predicted octanol–water partition coefficient (Wildman–Crippen LogP) is 4.22. The lowest BCUT2D eigenvalue weighted by Gasteiger charge is -2.38. The van der Waals surface area contributed by atoms with Gasteiger partial charge >= 0.3 is 5.97 Å². The van der Waals surface area contributed by atoms with E-state index in [-0.39, 0.29) is 23.1 Å². The molecule has 160 valence electrons. The summed E-state index contributed by atoms with van der Waals surface area (Å²) in [6.07, 6.45) is 5.89. The summed E-state index contributed by atoms with van der Waals surface area (Å²) in [4.78, 5) is 28.9. The normalized spacial score (nSPS) is 17.7. The van der Waals surface area contributed by atoms with Crippen molar-refractivity contribution in [1.82, 2.24) is 14.1 Å². The Morgan fingerprint density at radius 1 is 1.19 bits per heavy atom. The topological polar surface area (TPSA) is 86.3 Å². The molecular weight excluding hydrogens is 394 g/mol. The van der Waals surface area contributed by atoms with Crippen LogP contribution in [-0.2, 0) is 6.54 Å². The molecule has 0 saturated heterocycles. The van der Waals surface area contributed by atoms with Crippen molar-refractivity contribution in [3.8, 4) is 28.5 Å². The van der Waals surface area contributed by atoms with Crippen LogP contribution in [-0.4, -0.2) is 31.3 Å². The van der Waals surface area contributed by atoms with E-state index in [4.69, 9.17) is 9.72 Å². The number of ether oxygens (including phenoxy) is 1. The van der Waals surface area contributed by atoms with E-state index in [0.717, 1.165) is 29.8 Å². The van der Waals surface area contributed by atoms with E-state index in [1.165, 1.54) is 12.3 Å². The highest BCUT2D eigenvalue weighted by atomic mass is 16.5. The summed E-state index contributed by atoms with van der Waals surface area (Å²) in [7, 11) is 0. The maximum absolute atomic E-state index is 12.5. The van der Waals surface area contributed by atoms with Gasteiger partial charge in [0.05, 0.1) is 23.5 Å². The zero-order chi connectivity index (χ0) is 21.9. The number of carboxylic acids is 1. The van der Waals surface area contributed by atoms with Gasteiger partial charge in [-0.1, -0.05) is 32.9 Å². The van der Waals surface area contributed by atoms with Crippen LogP contribution in [0.15, 0.2) is 47.5 Å². The highest BCUT2D eigenvalue weighted by Crippen LogP contribution is 2.41. The smallest absolute Gasteiger partial charge is 0.341 e. The lowest BCUT2D eigenvalue weighted by Crippen LogP contribution is -2.35. The van der Waals surface area contributed by atoms with Gasteiger partial charge < -0.3 is 19.0 Å². The van der Waals surface area contributed by atoms with E-state index in [1.807, 2.05) is 35.0 Å². The van der Waals surface area contributed by atoms with Gasteiger partial charge in [0.15, 0.2) is 11.3 Å². The molecule has 1 saturated carbocycles. The SMILES string of the molecule is CC(C)(C)[C@@H]1Cn2cc(-c3ccccc3OC3CC3)nc2-c2cc(=O)c(C(=O)O)cn21. The van der Waals surface area contributed by atoms with E-state index in [1.54, 1.807) is 0 Å². The zero-order valence-corrected chi connectivity index (χ0v) is 17.8. The minimum Gasteiger partial charge on any atom is -0.490 e. The molecule has 0 bridgehead atoms. The Labute approximate surface area is 179 Å². The Hall–Kier alpha value is -3.35. The van der Waals surface area contributed by atoms with Crippen molar-refractivity contribution in [2.24, 2.45) is 5.41 Å². The number of nitrogens with zero attached hydrogens (tertiary/aromatic N) is 3. The second kappa shape index (κ2) is 6.83. The number of imidazole rings is 1. The fraction of sp³-hybridized carbons (Fsp3) is 0.375. The van der Waals surface area contributed by atoms with Gasteiger partial charge in [-0.15, -0.1) is 0 Å². The number of carbonyl (C=O) groups is 1. The molecule has 1 aliphatic heterocycles. The molecule has 31 heavy (non-hydrogen) atoms. The number of hydrogen-bond acceptors (Lipinski definition) is 4. The largest absolute Gasteiger partial charge is 0.490 e. The van der Waals surface area contributed by atoms with E-state index in [0.29, 0.717) is 18.1 Å². The van der Waals surface area contributed by atoms with Gasteiger partial charge in [-0.2, -0.15) is 0 Å². The number of pyridine rings is 1. The van der Waals surface area contributed by atoms with Crippen LogP contribution in [0.5, 0.6) is 5.75 Å². The minimum atomic E-state index is -1.21. The third-order valence-corrected chi connectivity index (χ3v) is 6.00. The summed E-state index contributed by atoms with van der Waals surface area (Å²) in [6.45, 7) is 6.97. The molecule has 2 aromatic heterocycles. The van der Waals surface area contributed by atoms with Crippen LogP contribution in [0.3, 0.4) is 0 Å². The van der Waals surface area contributed by atoms with Crippen molar-refractivity contribution < 1.29 is 14.6 Å². The predicted molar refractivity (Wildman–Crippen MR) is 116 cm³/mol. The van der Waals surface area contributed by atoms with Crippen molar-refractivity contribution in [2.75, 3.05) is 0 Å². The fourth-order valence-corrected chi connectivity index (χ4v) is 4.15. The average Bonchev–Trinajstić information content (AvgIpc) is 3.41. The molecule has 1 fully saturated rings. The fourth-order valence-electron chi connectivity index (χ4n) is 4.15. The molecule has 1 atom stereocenters. The van der Waals surface area contributed by atoms with Crippen LogP contribution in [0.25, 0.3) is 22.8 Å². The summed E-state index contributed by atoms with van der Waals surface area (Å²) in [5.41, 5.74) is 1.44. The minimum absolute atomic E-state index is 0.0336. The van der Waals surface area contributed by atoms with Crippen molar-refractivity contribution >= 4 is 5.97 Å². The molecular formula is C24H25N3O4. The third kappa shape index (κ3) is 3.44. The van der Waals surface area contributed by atoms with Crippen molar-refractivity contribution in [3.63, 3.8) is 0 Å². The van der Waals surface area contributed by atoms with Gasteiger partial charge in [-0.3, -0.25) is 4.79 Å². The quantitative estimate of drug-likeness (QED) is 0.684. The first-order chi connectivity index (χ1) is 14.7. The van der Waals surface area contributed by atoms with Crippen LogP contribution in [0.1, 0.15) is 50.0 Å². The van der Waals surface area contributed by atoms with E-state index in [9.17, 15) is 14.7 Å². The highest BCUT2D eigenvalue weighted by molar-refractivity contribution is 5.87. The maximum atomic E-state index is 12.5. The van der Waals surface area contributed by atoms with Crippen molar-refractivity contribution in [1.29, 1.82) is 0 Å². The van der Waals surface area contributed by atoms with Gasteiger partial charge in [0.25, 0.3) is 0 Å². The monoisotopic (exact) mass is 419 g/mol. The Bertz CT molecular complexity index is 1240. The third-order valence-electron chi connectivity index (χ3n) is 6.00. The lowest BCUT2D eigenvalue weighted by atomic mass is 9.85. The van der Waals surface area contributed by atoms with Gasteiger partial charge in [-0.25, -0.2) is 9.78 Å². The molecule has 0 radical (unpaired) electrons. The number of para-hydroxylation sites is 1. The van der Waals surface area contributed by atoms with Crippen molar-refractivity contribution in [3.05, 3.63) is 58.5 Å². The number of hydrogen-bond donors (Lipinski definition) is 1. The van der Waals surface area contributed by atoms with E-state index >= 15 is 0 Å². The Morgan fingerprint density at radius 2 is 1.94 bits per heavy atom. The molecule has 0 unspecified atom stereocenters. The number of rotatable bonds is 4. The van der Waals surface area contributed by atoms with Gasteiger partial charge in [-0.05, 0) is 30.4 Å². The Balaban J connectivity index is 1.67. The van der Waals surface area contributed by atoms with Gasteiger partial charge in [0.1, 0.15) is 11.3 Å². The van der Waals surface area contributed by atoms with E-state index in [2.05, 4.69) is 25.3 Å². The lowest BCUT2D eigenvalue weighted by molar-refractivity contribution is 0.0693. The maximum Gasteiger partial charge on any atom is 0.341 e. The summed E-state index contributed by atoms with van der Waals surface area (Å²) < 4.78 is 10.0. The summed E-state index contributed by atoms with van der Waals surface area (Å²) in [5.74, 6) is 0.255. The first kappa shape index (κ1) is 19.6. The number of carboxylic acid groups (broad SMARTS) is 1. The van der Waals surface area contributed by atoms with Crippen LogP contribution in [0, 0.1) is 5.41 Å². The Kier molecular flexibility index (Phi) is 4.32. The molecule has 1 aromatic carbocycles. The number of fused-ring (bicyclic) bond motifs is 3. The number of aromatic carboxylic acids is 1. The van der Waals surface area contributed by atoms with E-state index < -0.39 is 11.4 Å². The van der Waals surface area contributed by atoms with Crippen LogP contribution in [0.2, 0.25) is 0 Å². The summed E-state index contributed by atoms with van der Waals surface area (Å²) in [6, 6.07) is 9.23. The van der Waals surface area contributed by atoms with Crippen LogP contribution in [0.4, 0.5) is 0 Å². The molecule has 7 nitrogen and oxygen atoms in total. The summed E-state index contributed by atoms with van der Waals surface area (Å²) >= 11 is 0. The molecule has 1 aliphatic carbocycles. The molecule has 0 amide bonds. The van der Waals surface area contributed by atoms with Crippen LogP contribution < -0.4 is 10.2 Å². The Morgan fingerprint density at radius 3 is 2.61 bits per heavy atom. The number of aromatic nitrogens is 3. The second-order valence-corrected chi connectivity index (χ2v) is 9.45. The number of benzene rings is 1. The van der Waals surface area contributed by atoms with Crippen LogP contribution >= 0.6 is 0 Å². The second-order valence-electron chi connectivity index (χ2n) is 9.45. The molecule has 1 N–H and O–H groups in total. The first-order valence-electron chi connectivity index (χ1n) is 10.6. The molecule has 5 rings (SSSR count). The highest BCUT2D eigenvalue weighted by Gasteiger charge is 2.35.